The molecule has 2 rings (SSSR count). The van der Waals surface area contributed by atoms with Crippen LogP contribution in [0.4, 0.5) is 13.2 Å². The lowest BCUT2D eigenvalue weighted by atomic mass is 9.79. The van der Waals surface area contributed by atoms with Crippen molar-refractivity contribution in [1.29, 1.82) is 0 Å². The van der Waals surface area contributed by atoms with Crippen LogP contribution in [0.3, 0.4) is 0 Å². The Labute approximate surface area is 168 Å². The fourth-order valence-corrected chi connectivity index (χ4v) is 4.44. The van der Waals surface area contributed by atoms with Gasteiger partial charge in [0.2, 0.25) is 0 Å². The Bertz CT molecular complexity index is 890. The van der Waals surface area contributed by atoms with Crippen molar-refractivity contribution < 1.29 is 13.2 Å². The van der Waals surface area contributed by atoms with Crippen LogP contribution in [0.5, 0.6) is 0 Å². The van der Waals surface area contributed by atoms with Crippen molar-refractivity contribution in [3.8, 4) is 11.1 Å². The summed E-state index contributed by atoms with van der Waals surface area (Å²) in [6.07, 6.45) is 0. The number of rotatable bonds is 4. The Morgan fingerprint density at radius 3 is 1.25 bits per heavy atom. The van der Waals surface area contributed by atoms with Crippen LogP contribution in [0, 0.1) is 45.1 Å². The largest absolute Gasteiger partial charge is 0.206 e. The van der Waals surface area contributed by atoms with Gasteiger partial charge in [0.05, 0.1) is 0 Å². The molecule has 28 heavy (non-hydrogen) atoms. The summed E-state index contributed by atoms with van der Waals surface area (Å²) in [5.41, 5.74) is 5.04. The van der Waals surface area contributed by atoms with Crippen molar-refractivity contribution in [1.82, 2.24) is 0 Å². The molecule has 3 heteroatoms. The van der Waals surface area contributed by atoms with E-state index in [1.54, 1.807) is 27.7 Å². The summed E-state index contributed by atoms with van der Waals surface area (Å²) in [5, 5.41) is 0. The fourth-order valence-electron chi connectivity index (χ4n) is 4.44. The third kappa shape index (κ3) is 3.38. The van der Waals surface area contributed by atoms with Crippen molar-refractivity contribution >= 4 is 0 Å². The predicted molar refractivity (Wildman–Crippen MR) is 113 cm³/mol. The standard InChI is InChI=1S/C25H33F3/c1-11(2)18-14(7)15(8)21(16(9)23(18)26)22-17(10)24(27)20(13(5)6)25(28)19(22)12(3)4/h11-13H,1-10H3. The second kappa shape index (κ2) is 7.93. The molecule has 0 aromatic heterocycles. The molecule has 0 amide bonds. The molecule has 0 atom stereocenters. The van der Waals surface area contributed by atoms with Crippen LogP contribution in [0.1, 0.15) is 98.2 Å². The van der Waals surface area contributed by atoms with E-state index >= 15 is 13.2 Å². The molecule has 0 saturated carbocycles. The van der Waals surface area contributed by atoms with E-state index in [1.807, 2.05) is 41.5 Å². The lowest BCUT2D eigenvalue weighted by molar-refractivity contribution is 0.523. The quantitative estimate of drug-likeness (QED) is 0.492. The first-order chi connectivity index (χ1) is 12.8. The van der Waals surface area contributed by atoms with Crippen molar-refractivity contribution in [3.05, 3.63) is 56.4 Å². The molecular weight excluding hydrogens is 357 g/mol. The van der Waals surface area contributed by atoms with Gasteiger partial charge in [-0.05, 0) is 90.0 Å². The van der Waals surface area contributed by atoms with Crippen molar-refractivity contribution in [2.24, 2.45) is 0 Å². The average Bonchev–Trinajstić information content (AvgIpc) is 2.56. The highest BCUT2D eigenvalue weighted by molar-refractivity contribution is 5.80. The molecule has 0 N–H and O–H groups in total. The summed E-state index contributed by atoms with van der Waals surface area (Å²) in [6, 6.07) is 0. The average molecular weight is 391 g/mol. The number of hydrogen-bond acceptors (Lipinski definition) is 0. The highest BCUT2D eigenvalue weighted by atomic mass is 19.1. The Balaban J connectivity index is 3.10. The van der Waals surface area contributed by atoms with Gasteiger partial charge in [0.25, 0.3) is 0 Å². The van der Waals surface area contributed by atoms with Crippen molar-refractivity contribution in [2.75, 3.05) is 0 Å². The number of halogens is 3. The van der Waals surface area contributed by atoms with Gasteiger partial charge in [-0.2, -0.15) is 0 Å². The highest BCUT2D eigenvalue weighted by Gasteiger charge is 2.29. The lowest BCUT2D eigenvalue weighted by Crippen LogP contribution is -2.12. The minimum absolute atomic E-state index is 0.0360. The molecule has 0 spiro atoms. The van der Waals surface area contributed by atoms with Gasteiger partial charge in [0.15, 0.2) is 0 Å². The van der Waals surface area contributed by atoms with Crippen molar-refractivity contribution in [3.63, 3.8) is 0 Å². The molecule has 2 aromatic carbocycles. The summed E-state index contributed by atoms with van der Waals surface area (Å²) in [5.74, 6) is -1.66. The third-order valence-corrected chi connectivity index (χ3v) is 5.95. The van der Waals surface area contributed by atoms with E-state index in [0.29, 0.717) is 33.4 Å². The van der Waals surface area contributed by atoms with Gasteiger partial charge in [0, 0.05) is 5.56 Å². The zero-order chi connectivity index (χ0) is 21.7. The van der Waals surface area contributed by atoms with E-state index in [1.165, 1.54) is 0 Å². The molecule has 0 aliphatic rings. The minimum atomic E-state index is -0.517. The van der Waals surface area contributed by atoms with E-state index in [-0.39, 0.29) is 29.1 Å². The topological polar surface area (TPSA) is 0 Å². The molecule has 0 heterocycles. The van der Waals surface area contributed by atoms with Crippen LogP contribution < -0.4 is 0 Å². The SMILES string of the molecule is Cc1c(C)c(C(C)C)c(F)c(C)c1-c1c(C)c(F)c(C(C)C)c(F)c1C(C)C. The van der Waals surface area contributed by atoms with Crippen molar-refractivity contribution in [2.45, 2.75) is 87.0 Å². The third-order valence-electron chi connectivity index (χ3n) is 5.95. The Hall–Kier alpha value is -1.77. The first-order valence-electron chi connectivity index (χ1n) is 10.1. The Kier molecular flexibility index (Phi) is 6.37. The molecule has 0 fully saturated rings. The minimum Gasteiger partial charge on any atom is -0.206 e. The lowest BCUT2D eigenvalue weighted by Gasteiger charge is -2.27. The van der Waals surface area contributed by atoms with Gasteiger partial charge in [-0.3, -0.25) is 0 Å². The van der Waals surface area contributed by atoms with E-state index < -0.39 is 11.6 Å². The summed E-state index contributed by atoms with van der Waals surface area (Å²) in [6.45, 7) is 18.6. The molecule has 0 nitrogen and oxygen atoms in total. The van der Waals surface area contributed by atoms with Gasteiger partial charge in [0.1, 0.15) is 17.5 Å². The maximum absolute atomic E-state index is 15.5. The normalized spacial score (nSPS) is 12.0. The summed E-state index contributed by atoms with van der Waals surface area (Å²) < 4.78 is 46.1. The fraction of sp³-hybridized carbons (Fsp3) is 0.520. The summed E-state index contributed by atoms with van der Waals surface area (Å²) in [4.78, 5) is 0. The van der Waals surface area contributed by atoms with Gasteiger partial charge in [-0.1, -0.05) is 41.5 Å². The van der Waals surface area contributed by atoms with Crippen LogP contribution in [0.25, 0.3) is 11.1 Å². The second-order valence-corrected chi connectivity index (χ2v) is 8.90. The van der Waals surface area contributed by atoms with Gasteiger partial charge < -0.3 is 0 Å². The van der Waals surface area contributed by atoms with E-state index in [0.717, 1.165) is 11.1 Å². The monoisotopic (exact) mass is 390 g/mol. The molecule has 2 aromatic rings. The molecule has 154 valence electrons. The van der Waals surface area contributed by atoms with Gasteiger partial charge >= 0.3 is 0 Å². The van der Waals surface area contributed by atoms with E-state index in [4.69, 9.17) is 0 Å². The maximum Gasteiger partial charge on any atom is 0.133 e. The molecule has 0 bridgehead atoms. The predicted octanol–water partition coefficient (Wildman–Crippen LogP) is 8.37. The van der Waals surface area contributed by atoms with E-state index in [2.05, 4.69) is 0 Å². The first-order valence-corrected chi connectivity index (χ1v) is 10.1. The van der Waals surface area contributed by atoms with Gasteiger partial charge in [-0.15, -0.1) is 0 Å². The summed E-state index contributed by atoms with van der Waals surface area (Å²) in [7, 11) is 0. The zero-order valence-corrected chi connectivity index (χ0v) is 18.9. The second-order valence-electron chi connectivity index (χ2n) is 8.90. The maximum atomic E-state index is 15.5. The van der Waals surface area contributed by atoms with Gasteiger partial charge in [-0.25, -0.2) is 13.2 Å². The first kappa shape index (κ1) is 22.5. The van der Waals surface area contributed by atoms with Crippen LogP contribution >= 0.6 is 0 Å². The highest BCUT2D eigenvalue weighted by Crippen LogP contribution is 2.44. The molecular formula is C25H33F3. The van der Waals surface area contributed by atoms with Crippen LogP contribution in [-0.4, -0.2) is 0 Å². The smallest absolute Gasteiger partial charge is 0.133 e. The number of benzene rings is 2. The Morgan fingerprint density at radius 1 is 0.429 bits per heavy atom. The van der Waals surface area contributed by atoms with Crippen LogP contribution in [0.2, 0.25) is 0 Å². The summed E-state index contributed by atoms with van der Waals surface area (Å²) >= 11 is 0. The molecule has 0 saturated heterocycles. The molecule has 0 radical (unpaired) electrons. The molecule has 0 unspecified atom stereocenters. The molecule has 0 aliphatic heterocycles. The number of hydrogen-bond donors (Lipinski definition) is 0. The zero-order valence-electron chi connectivity index (χ0n) is 18.9. The Morgan fingerprint density at radius 2 is 0.821 bits per heavy atom. The molecule has 0 aliphatic carbocycles. The van der Waals surface area contributed by atoms with Crippen LogP contribution in [-0.2, 0) is 0 Å². The van der Waals surface area contributed by atoms with Crippen LogP contribution in [0.15, 0.2) is 0 Å². The van der Waals surface area contributed by atoms with E-state index in [9.17, 15) is 0 Å².